The van der Waals surface area contributed by atoms with E-state index in [0.717, 1.165) is 11.1 Å². The molecule has 2 aromatic rings. The van der Waals surface area contributed by atoms with Crippen LogP contribution in [0.15, 0.2) is 42.5 Å². The van der Waals surface area contributed by atoms with E-state index in [0.29, 0.717) is 24.3 Å². The maximum absolute atomic E-state index is 12.2. The summed E-state index contributed by atoms with van der Waals surface area (Å²) in [5, 5.41) is 2.90. The molecule has 0 aliphatic carbocycles. The highest BCUT2D eigenvalue weighted by Gasteiger charge is 2.14. The summed E-state index contributed by atoms with van der Waals surface area (Å²) >= 11 is 0. The van der Waals surface area contributed by atoms with E-state index in [2.05, 4.69) is 10.1 Å². The van der Waals surface area contributed by atoms with Crippen LogP contribution >= 0.6 is 0 Å². The first-order valence-electron chi connectivity index (χ1n) is 8.24. The second-order valence-corrected chi connectivity index (χ2v) is 5.92. The number of alkyl halides is 2. The van der Waals surface area contributed by atoms with Gasteiger partial charge in [0.05, 0.1) is 6.04 Å². The van der Waals surface area contributed by atoms with Gasteiger partial charge in [-0.15, -0.1) is 0 Å². The van der Waals surface area contributed by atoms with Crippen molar-refractivity contribution in [3.05, 3.63) is 53.6 Å². The van der Waals surface area contributed by atoms with Crippen molar-refractivity contribution >= 4 is 5.91 Å². The van der Waals surface area contributed by atoms with Crippen LogP contribution in [0.25, 0.3) is 0 Å². The van der Waals surface area contributed by atoms with Crippen LogP contribution in [0.3, 0.4) is 0 Å². The topological polar surface area (TPSA) is 56.8 Å². The third-order valence-electron chi connectivity index (χ3n) is 4.06. The second-order valence-electron chi connectivity index (χ2n) is 5.92. The maximum atomic E-state index is 12.2. The van der Waals surface area contributed by atoms with Gasteiger partial charge in [-0.05, 0) is 48.7 Å². The molecule has 1 atom stereocenters. The molecule has 3 rings (SSSR count). The number of halogens is 2. The molecular weight excluding hydrogens is 344 g/mol. The molecule has 0 saturated carbocycles. The zero-order valence-electron chi connectivity index (χ0n) is 14.2. The average molecular weight is 363 g/mol. The molecule has 1 N–H and O–H groups in total. The third kappa shape index (κ3) is 4.62. The number of amides is 1. The van der Waals surface area contributed by atoms with E-state index in [4.69, 9.17) is 9.47 Å². The largest absolute Gasteiger partial charge is 0.454 e. The Balaban J connectivity index is 1.49. The molecule has 0 spiro atoms. The summed E-state index contributed by atoms with van der Waals surface area (Å²) in [6.45, 7) is -0.798. The Kier molecular flexibility index (Phi) is 5.55. The van der Waals surface area contributed by atoms with Gasteiger partial charge >= 0.3 is 6.61 Å². The zero-order chi connectivity index (χ0) is 18.5. The molecule has 138 valence electrons. The SMILES string of the molecule is C[C@@H](NC(=O)CCc1ccc2c(c1)OCO2)c1ccc(OC(F)F)cc1. The fraction of sp³-hybridized carbons (Fsp3) is 0.316. The van der Waals surface area contributed by atoms with Crippen molar-refractivity contribution in [3.63, 3.8) is 0 Å². The minimum atomic E-state index is -2.85. The normalized spacial score (nSPS) is 13.5. The van der Waals surface area contributed by atoms with Crippen molar-refractivity contribution < 1.29 is 27.8 Å². The highest BCUT2D eigenvalue weighted by molar-refractivity contribution is 5.76. The first kappa shape index (κ1) is 18.0. The fourth-order valence-electron chi connectivity index (χ4n) is 2.69. The minimum Gasteiger partial charge on any atom is -0.454 e. The summed E-state index contributed by atoms with van der Waals surface area (Å²) in [6, 6.07) is 11.6. The highest BCUT2D eigenvalue weighted by atomic mass is 19.3. The Morgan fingerprint density at radius 2 is 1.88 bits per heavy atom. The van der Waals surface area contributed by atoms with Crippen molar-refractivity contribution in [3.8, 4) is 17.2 Å². The number of nitrogens with one attached hydrogen (secondary N) is 1. The number of carbonyl (C=O) groups excluding carboxylic acids is 1. The van der Waals surface area contributed by atoms with E-state index in [9.17, 15) is 13.6 Å². The van der Waals surface area contributed by atoms with Crippen molar-refractivity contribution in [2.24, 2.45) is 0 Å². The minimum absolute atomic E-state index is 0.0880. The number of carbonyl (C=O) groups is 1. The molecule has 0 aromatic heterocycles. The van der Waals surface area contributed by atoms with Crippen LogP contribution in [0.2, 0.25) is 0 Å². The number of aryl methyl sites for hydroxylation is 1. The highest BCUT2D eigenvalue weighted by Crippen LogP contribution is 2.32. The lowest BCUT2D eigenvalue weighted by Crippen LogP contribution is -2.26. The van der Waals surface area contributed by atoms with Crippen LogP contribution in [0.4, 0.5) is 8.78 Å². The molecule has 1 aliphatic rings. The number of benzene rings is 2. The summed E-state index contributed by atoms with van der Waals surface area (Å²) in [5.74, 6) is 1.40. The quantitative estimate of drug-likeness (QED) is 0.812. The van der Waals surface area contributed by atoms with E-state index < -0.39 is 6.61 Å². The second kappa shape index (κ2) is 8.03. The van der Waals surface area contributed by atoms with Gasteiger partial charge in [0, 0.05) is 6.42 Å². The van der Waals surface area contributed by atoms with Crippen LogP contribution in [-0.4, -0.2) is 19.3 Å². The van der Waals surface area contributed by atoms with Gasteiger partial charge in [-0.25, -0.2) is 0 Å². The zero-order valence-corrected chi connectivity index (χ0v) is 14.2. The van der Waals surface area contributed by atoms with Gasteiger partial charge < -0.3 is 19.5 Å². The fourth-order valence-corrected chi connectivity index (χ4v) is 2.69. The molecule has 1 heterocycles. The summed E-state index contributed by atoms with van der Waals surface area (Å²) in [7, 11) is 0. The van der Waals surface area contributed by atoms with Crippen LogP contribution in [-0.2, 0) is 11.2 Å². The number of hydrogen-bond acceptors (Lipinski definition) is 4. The predicted molar refractivity (Wildman–Crippen MR) is 90.5 cm³/mol. The van der Waals surface area contributed by atoms with Gasteiger partial charge in [0.25, 0.3) is 0 Å². The Hall–Kier alpha value is -2.83. The van der Waals surface area contributed by atoms with Crippen LogP contribution in [0, 0.1) is 0 Å². The first-order valence-corrected chi connectivity index (χ1v) is 8.24. The molecular formula is C19H19F2NO4. The molecule has 0 fully saturated rings. The lowest BCUT2D eigenvalue weighted by atomic mass is 10.1. The first-order chi connectivity index (χ1) is 12.5. The molecule has 7 heteroatoms. The third-order valence-corrected chi connectivity index (χ3v) is 4.06. The molecule has 1 amide bonds. The van der Waals surface area contributed by atoms with Gasteiger partial charge in [0.1, 0.15) is 5.75 Å². The Morgan fingerprint density at radius 1 is 1.15 bits per heavy atom. The molecule has 2 aromatic carbocycles. The molecule has 26 heavy (non-hydrogen) atoms. The van der Waals surface area contributed by atoms with Gasteiger partial charge in [0.2, 0.25) is 12.7 Å². The molecule has 0 unspecified atom stereocenters. The molecule has 0 saturated heterocycles. The number of hydrogen-bond donors (Lipinski definition) is 1. The number of ether oxygens (including phenoxy) is 3. The molecule has 0 radical (unpaired) electrons. The maximum Gasteiger partial charge on any atom is 0.387 e. The van der Waals surface area contributed by atoms with E-state index in [1.807, 2.05) is 25.1 Å². The Labute approximate surface area is 149 Å². The standard InChI is InChI=1S/C19H19F2NO4/c1-12(14-4-6-15(7-5-14)26-19(20)21)22-18(23)9-3-13-2-8-16-17(10-13)25-11-24-16/h2,4-8,10,12,19H,3,9,11H2,1H3,(H,22,23)/t12-/m1/s1. The molecule has 0 bridgehead atoms. The van der Waals surface area contributed by atoms with Crippen molar-refractivity contribution in [1.82, 2.24) is 5.32 Å². The van der Waals surface area contributed by atoms with Crippen LogP contribution in [0.1, 0.15) is 30.5 Å². The summed E-state index contributed by atoms with van der Waals surface area (Å²) in [6.07, 6.45) is 0.910. The van der Waals surface area contributed by atoms with E-state index >= 15 is 0 Å². The van der Waals surface area contributed by atoms with Gasteiger partial charge in [-0.1, -0.05) is 18.2 Å². The molecule has 1 aliphatic heterocycles. The smallest absolute Gasteiger partial charge is 0.387 e. The number of fused-ring (bicyclic) bond motifs is 1. The number of rotatable bonds is 7. The van der Waals surface area contributed by atoms with Gasteiger partial charge in [-0.3, -0.25) is 4.79 Å². The lowest BCUT2D eigenvalue weighted by molar-refractivity contribution is -0.121. The molecule has 5 nitrogen and oxygen atoms in total. The van der Waals surface area contributed by atoms with E-state index in [1.165, 1.54) is 12.1 Å². The Bertz CT molecular complexity index is 765. The summed E-state index contributed by atoms with van der Waals surface area (Å²) in [4.78, 5) is 12.2. The summed E-state index contributed by atoms with van der Waals surface area (Å²) in [5.41, 5.74) is 1.80. The van der Waals surface area contributed by atoms with Gasteiger partial charge in [0.15, 0.2) is 11.5 Å². The van der Waals surface area contributed by atoms with Crippen molar-refractivity contribution in [1.29, 1.82) is 0 Å². The average Bonchev–Trinajstić information content (AvgIpc) is 3.07. The Morgan fingerprint density at radius 3 is 2.62 bits per heavy atom. The van der Waals surface area contributed by atoms with E-state index in [-0.39, 0.29) is 24.5 Å². The summed E-state index contributed by atoms with van der Waals surface area (Å²) < 4.78 is 39.2. The van der Waals surface area contributed by atoms with Crippen LogP contribution < -0.4 is 19.5 Å². The lowest BCUT2D eigenvalue weighted by Gasteiger charge is -2.15. The van der Waals surface area contributed by atoms with Crippen LogP contribution in [0.5, 0.6) is 17.2 Å². The van der Waals surface area contributed by atoms with Crippen molar-refractivity contribution in [2.45, 2.75) is 32.4 Å². The predicted octanol–water partition coefficient (Wildman–Crippen LogP) is 3.83. The van der Waals surface area contributed by atoms with Gasteiger partial charge in [-0.2, -0.15) is 8.78 Å². The monoisotopic (exact) mass is 363 g/mol. The van der Waals surface area contributed by atoms with E-state index in [1.54, 1.807) is 12.1 Å². The van der Waals surface area contributed by atoms with Crippen molar-refractivity contribution in [2.75, 3.05) is 6.79 Å².